The Hall–Kier alpha value is -1.75. The quantitative estimate of drug-likeness (QED) is 0.664. The molecule has 2 rings (SSSR count). The van der Waals surface area contributed by atoms with E-state index < -0.39 is 0 Å². The zero-order valence-electron chi connectivity index (χ0n) is 13.1. The van der Waals surface area contributed by atoms with E-state index in [0.29, 0.717) is 23.9 Å². The predicted molar refractivity (Wildman–Crippen MR) is 85.7 cm³/mol. The third kappa shape index (κ3) is 3.67. The lowest BCUT2D eigenvalue weighted by Gasteiger charge is -2.30. The van der Waals surface area contributed by atoms with Gasteiger partial charge in [0.15, 0.2) is 0 Å². The molecule has 0 saturated carbocycles. The van der Waals surface area contributed by atoms with E-state index >= 15 is 0 Å². The first-order valence-electron chi connectivity index (χ1n) is 7.51. The number of carbonyl (C=O) groups is 1. The van der Waals surface area contributed by atoms with Crippen LogP contribution in [-0.4, -0.2) is 50.7 Å². The molecule has 1 aromatic rings. The second-order valence-electron chi connectivity index (χ2n) is 5.75. The predicted octanol–water partition coefficient (Wildman–Crippen LogP) is 1.98. The van der Waals surface area contributed by atoms with Gasteiger partial charge in [0.2, 0.25) is 0 Å². The standard InChI is InChI=1S/C16H25N3O2/c1-4-21-16(20)12-7-8-14(17)15(10-12)19-9-5-6-13(19)11-18(2)3/h7-8,10,13H,4-6,9,11,17H2,1-3H3. The van der Waals surface area contributed by atoms with E-state index in [1.807, 2.05) is 13.0 Å². The SMILES string of the molecule is CCOC(=O)c1ccc(N)c(N2CCCC2CN(C)C)c1. The van der Waals surface area contributed by atoms with Gasteiger partial charge in [0.1, 0.15) is 0 Å². The minimum absolute atomic E-state index is 0.290. The monoisotopic (exact) mass is 291 g/mol. The van der Waals surface area contributed by atoms with E-state index in [0.717, 1.165) is 31.6 Å². The maximum Gasteiger partial charge on any atom is 0.338 e. The minimum Gasteiger partial charge on any atom is -0.462 e. The maximum absolute atomic E-state index is 11.9. The number of nitrogens with two attached hydrogens (primary N) is 1. The zero-order chi connectivity index (χ0) is 15.4. The second-order valence-corrected chi connectivity index (χ2v) is 5.75. The summed E-state index contributed by atoms with van der Waals surface area (Å²) >= 11 is 0. The molecular formula is C16H25N3O2. The fraction of sp³-hybridized carbons (Fsp3) is 0.562. The Kier molecular flexibility index (Phi) is 5.07. The van der Waals surface area contributed by atoms with Crippen molar-refractivity contribution in [2.24, 2.45) is 0 Å². The summed E-state index contributed by atoms with van der Waals surface area (Å²) in [5.74, 6) is -0.290. The lowest BCUT2D eigenvalue weighted by Crippen LogP contribution is -2.38. The second kappa shape index (κ2) is 6.80. The van der Waals surface area contributed by atoms with Gasteiger partial charge in [0.25, 0.3) is 0 Å². The van der Waals surface area contributed by atoms with Gasteiger partial charge in [-0.05, 0) is 52.1 Å². The first-order valence-corrected chi connectivity index (χ1v) is 7.51. The molecular weight excluding hydrogens is 266 g/mol. The molecule has 1 aromatic carbocycles. The Bertz CT molecular complexity index is 502. The Balaban J connectivity index is 2.25. The molecule has 2 N–H and O–H groups in total. The molecule has 0 amide bonds. The van der Waals surface area contributed by atoms with Crippen LogP contribution in [0.4, 0.5) is 11.4 Å². The van der Waals surface area contributed by atoms with Crippen LogP contribution in [0.25, 0.3) is 0 Å². The van der Waals surface area contributed by atoms with Gasteiger partial charge in [0, 0.05) is 19.1 Å². The van der Waals surface area contributed by atoms with Crippen LogP contribution in [0.3, 0.4) is 0 Å². The number of nitrogens with zero attached hydrogens (tertiary/aromatic N) is 2. The van der Waals surface area contributed by atoms with Crippen molar-refractivity contribution < 1.29 is 9.53 Å². The first-order chi connectivity index (χ1) is 10.0. The van der Waals surface area contributed by atoms with Crippen LogP contribution < -0.4 is 10.6 Å². The van der Waals surface area contributed by atoms with E-state index in [9.17, 15) is 4.79 Å². The fourth-order valence-corrected chi connectivity index (χ4v) is 2.90. The number of anilines is 2. The zero-order valence-corrected chi connectivity index (χ0v) is 13.1. The van der Waals surface area contributed by atoms with Crippen LogP contribution in [0.1, 0.15) is 30.1 Å². The van der Waals surface area contributed by atoms with Crippen molar-refractivity contribution >= 4 is 17.3 Å². The van der Waals surface area contributed by atoms with Gasteiger partial charge in [-0.3, -0.25) is 0 Å². The van der Waals surface area contributed by atoms with Crippen molar-refractivity contribution in [2.75, 3.05) is 44.4 Å². The van der Waals surface area contributed by atoms with Crippen molar-refractivity contribution in [1.29, 1.82) is 0 Å². The maximum atomic E-state index is 11.9. The van der Waals surface area contributed by atoms with E-state index in [1.165, 1.54) is 0 Å². The minimum atomic E-state index is -0.290. The van der Waals surface area contributed by atoms with Gasteiger partial charge >= 0.3 is 5.97 Å². The summed E-state index contributed by atoms with van der Waals surface area (Å²) < 4.78 is 5.07. The number of rotatable bonds is 5. The topological polar surface area (TPSA) is 58.8 Å². The van der Waals surface area contributed by atoms with Crippen molar-refractivity contribution in [1.82, 2.24) is 4.90 Å². The van der Waals surface area contributed by atoms with Crippen LogP contribution in [0, 0.1) is 0 Å². The van der Waals surface area contributed by atoms with Crippen LogP contribution >= 0.6 is 0 Å². The number of hydrogen-bond acceptors (Lipinski definition) is 5. The van der Waals surface area contributed by atoms with E-state index in [-0.39, 0.29) is 5.97 Å². The number of carbonyl (C=O) groups excluding carboxylic acids is 1. The largest absolute Gasteiger partial charge is 0.462 e. The van der Waals surface area contributed by atoms with Gasteiger partial charge < -0.3 is 20.3 Å². The number of hydrogen-bond donors (Lipinski definition) is 1. The molecule has 1 unspecified atom stereocenters. The summed E-state index contributed by atoms with van der Waals surface area (Å²) in [4.78, 5) is 16.4. The molecule has 1 heterocycles. The third-order valence-electron chi connectivity index (χ3n) is 3.80. The molecule has 0 spiro atoms. The molecule has 5 heteroatoms. The fourth-order valence-electron chi connectivity index (χ4n) is 2.90. The van der Waals surface area contributed by atoms with Crippen LogP contribution in [-0.2, 0) is 4.74 Å². The summed E-state index contributed by atoms with van der Waals surface area (Å²) in [6.07, 6.45) is 2.31. The average molecular weight is 291 g/mol. The van der Waals surface area contributed by atoms with Crippen LogP contribution in [0.2, 0.25) is 0 Å². The smallest absolute Gasteiger partial charge is 0.338 e. The highest BCUT2D eigenvalue weighted by molar-refractivity contribution is 5.92. The molecule has 0 aliphatic carbocycles. The van der Waals surface area contributed by atoms with Crippen molar-refractivity contribution in [3.63, 3.8) is 0 Å². The van der Waals surface area contributed by atoms with Gasteiger partial charge in [0.05, 0.1) is 23.5 Å². The summed E-state index contributed by atoms with van der Waals surface area (Å²) in [7, 11) is 4.16. The highest BCUT2D eigenvalue weighted by Gasteiger charge is 2.27. The molecule has 1 fully saturated rings. The van der Waals surface area contributed by atoms with Crippen molar-refractivity contribution in [3.05, 3.63) is 23.8 Å². The summed E-state index contributed by atoms with van der Waals surface area (Å²) in [6, 6.07) is 5.83. The molecule has 1 saturated heterocycles. The Labute approximate surface area is 126 Å². The lowest BCUT2D eigenvalue weighted by atomic mass is 10.1. The number of benzene rings is 1. The normalized spacial score (nSPS) is 18.3. The molecule has 0 bridgehead atoms. The van der Waals surface area contributed by atoms with Gasteiger partial charge in [-0.1, -0.05) is 0 Å². The molecule has 1 aliphatic rings. The molecule has 21 heavy (non-hydrogen) atoms. The lowest BCUT2D eigenvalue weighted by molar-refractivity contribution is 0.0526. The summed E-state index contributed by atoms with van der Waals surface area (Å²) in [5, 5.41) is 0. The van der Waals surface area contributed by atoms with E-state index in [2.05, 4.69) is 23.9 Å². The van der Waals surface area contributed by atoms with Crippen LogP contribution in [0.5, 0.6) is 0 Å². The molecule has 1 atom stereocenters. The Morgan fingerprint density at radius 3 is 2.90 bits per heavy atom. The Morgan fingerprint density at radius 2 is 2.24 bits per heavy atom. The summed E-state index contributed by atoms with van der Waals surface area (Å²) in [5.41, 5.74) is 8.36. The van der Waals surface area contributed by atoms with E-state index in [4.69, 9.17) is 10.5 Å². The molecule has 116 valence electrons. The Morgan fingerprint density at radius 1 is 1.48 bits per heavy atom. The molecule has 0 aromatic heterocycles. The molecule has 0 radical (unpaired) electrons. The van der Waals surface area contributed by atoms with Gasteiger partial charge in [-0.25, -0.2) is 4.79 Å². The van der Waals surface area contributed by atoms with Gasteiger partial charge in [-0.15, -0.1) is 0 Å². The van der Waals surface area contributed by atoms with Gasteiger partial charge in [-0.2, -0.15) is 0 Å². The number of ether oxygens (including phenoxy) is 1. The number of likely N-dealkylation sites (N-methyl/N-ethyl adjacent to an activating group) is 1. The third-order valence-corrected chi connectivity index (χ3v) is 3.80. The summed E-state index contributed by atoms with van der Waals surface area (Å²) in [6.45, 7) is 4.16. The molecule has 5 nitrogen and oxygen atoms in total. The van der Waals surface area contributed by atoms with Crippen molar-refractivity contribution in [3.8, 4) is 0 Å². The average Bonchev–Trinajstić information content (AvgIpc) is 2.86. The number of nitrogen functional groups attached to an aromatic ring is 1. The highest BCUT2D eigenvalue weighted by atomic mass is 16.5. The first kappa shape index (κ1) is 15.6. The van der Waals surface area contributed by atoms with Crippen LogP contribution in [0.15, 0.2) is 18.2 Å². The molecule has 1 aliphatic heterocycles. The highest BCUT2D eigenvalue weighted by Crippen LogP contribution is 2.31. The number of esters is 1. The van der Waals surface area contributed by atoms with E-state index in [1.54, 1.807) is 12.1 Å². The van der Waals surface area contributed by atoms with Crippen molar-refractivity contribution in [2.45, 2.75) is 25.8 Å².